The van der Waals surface area contributed by atoms with E-state index in [0.29, 0.717) is 22.2 Å². The van der Waals surface area contributed by atoms with E-state index in [1.165, 1.54) is 38.5 Å². The van der Waals surface area contributed by atoms with E-state index in [1.807, 2.05) is 0 Å². The number of piperidine rings is 2. The Kier molecular flexibility index (Phi) is 4.68. The fourth-order valence-corrected chi connectivity index (χ4v) is 8.26. The molecule has 2 fully saturated rings. The Hall–Kier alpha value is 0.463. The molecule has 2 heterocycles. The molecule has 2 nitrogen and oxygen atoms in total. The summed E-state index contributed by atoms with van der Waals surface area (Å²) in [5.41, 5.74) is 1.47. The Labute approximate surface area is 139 Å². The number of nitrogens with zero attached hydrogens (tertiary/aromatic N) is 2. The zero-order chi connectivity index (χ0) is 16.1. The fourth-order valence-electron chi connectivity index (χ4n) is 4.63. The van der Waals surface area contributed by atoms with Crippen LogP contribution in [0.1, 0.15) is 93.9 Å². The van der Waals surface area contributed by atoms with Crippen LogP contribution in [0, 0.1) is 0 Å². The van der Waals surface area contributed by atoms with Gasteiger partial charge in [-0.25, -0.2) is 0 Å². The second kappa shape index (κ2) is 5.52. The summed E-state index contributed by atoms with van der Waals surface area (Å²) < 4.78 is 5.83. The first kappa shape index (κ1) is 17.8. The summed E-state index contributed by atoms with van der Waals surface area (Å²) in [5.74, 6) is 0. The van der Waals surface area contributed by atoms with Crippen LogP contribution >= 0.6 is 0 Å². The summed E-state index contributed by atoms with van der Waals surface area (Å²) in [6.45, 7) is 19.8. The molecule has 0 aromatic carbocycles. The normalized spacial score (nSPS) is 32.0. The maximum absolute atomic E-state index is 2.92. The minimum atomic E-state index is -0.276. The van der Waals surface area contributed by atoms with E-state index in [0.717, 1.165) is 0 Å². The van der Waals surface area contributed by atoms with Crippen molar-refractivity contribution in [1.82, 2.24) is 7.71 Å². The van der Waals surface area contributed by atoms with Crippen molar-refractivity contribution in [2.45, 2.75) is 116 Å². The molecule has 2 aliphatic rings. The SMILES string of the molecule is CC1(C)CCCC(C)(C)[N]1[Ge][N]1C(C)(C)CCCC1(C)C. The van der Waals surface area contributed by atoms with E-state index >= 15 is 0 Å². The molecule has 2 rings (SSSR count). The minimum absolute atomic E-state index is 0.276. The van der Waals surface area contributed by atoms with Crippen molar-refractivity contribution in [2.24, 2.45) is 0 Å². The van der Waals surface area contributed by atoms with Gasteiger partial charge in [0.2, 0.25) is 0 Å². The monoisotopic (exact) mass is 354 g/mol. The fraction of sp³-hybridized carbons (Fsp3) is 1.00. The van der Waals surface area contributed by atoms with Gasteiger partial charge in [-0.05, 0) is 0 Å². The van der Waals surface area contributed by atoms with E-state index in [9.17, 15) is 0 Å². The molecule has 2 radical (unpaired) electrons. The average Bonchev–Trinajstić information content (AvgIpc) is 2.23. The molecule has 0 unspecified atom stereocenters. The van der Waals surface area contributed by atoms with Gasteiger partial charge < -0.3 is 0 Å². The predicted molar refractivity (Wildman–Crippen MR) is 93.5 cm³/mol. The van der Waals surface area contributed by atoms with Crippen molar-refractivity contribution in [3.05, 3.63) is 0 Å². The Balaban J connectivity index is 2.28. The van der Waals surface area contributed by atoms with Gasteiger partial charge in [0, 0.05) is 0 Å². The Morgan fingerprint density at radius 1 is 0.524 bits per heavy atom. The molecule has 2 aliphatic heterocycles. The Morgan fingerprint density at radius 2 is 0.762 bits per heavy atom. The third kappa shape index (κ3) is 3.53. The third-order valence-corrected chi connectivity index (χ3v) is 11.7. The summed E-state index contributed by atoms with van der Waals surface area (Å²) in [6, 6.07) is 0. The molecule has 0 N–H and O–H groups in total. The van der Waals surface area contributed by atoms with Gasteiger partial charge in [-0.2, -0.15) is 0 Å². The van der Waals surface area contributed by atoms with Crippen LogP contribution in [0.4, 0.5) is 0 Å². The number of rotatable bonds is 2. The van der Waals surface area contributed by atoms with Crippen LogP contribution in [-0.2, 0) is 0 Å². The van der Waals surface area contributed by atoms with Crippen LogP contribution in [0.15, 0.2) is 0 Å². The molecule has 0 aromatic heterocycles. The van der Waals surface area contributed by atoms with Crippen LogP contribution in [0.5, 0.6) is 0 Å². The molecule has 0 amide bonds. The molecular formula is C18H36GeN2. The van der Waals surface area contributed by atoms with Gasteiger partial charge in [-0.1, -0.05) is 0 Å². The summed E-state index contributed by atoms with van der Waals surface area (Å²) in [5, 5.41) is 0. The van der Waals surface area contributed by atoms with Crippen LogP contribution in [0.2, 0.25) is 0 Å². The van der Waals surface area contributed by atoms with Gasteiger partial charge >= 0.3 is 140 Å². The second-order valence-electron chi connectivity index (χ2n) is 9.73. The van der Waals surface area contributed by atoms with Gasteiger partial charge in [0.05, 0.1) is 0 Å². The maximum atomic E-state index is 2.92. The van der Waals surface area contributed by atoms with E-state index in [-0.39, 0.29) is 15.9 Å². The van der Waals surface area contributed by atoms with E-state index in [1.54, 1.807) is 0 Å². The molecule has 122 valence electrons. The number of hydrogen-bond acceptors (Lipinski definition) is 2. The van der Waals surface area contributed by atoms with Gasteiger partial charge in [-0.15, -0.1) is 0 Å². The van der Waals surface area contributed by atoms with Crippen molar-refractivity contribution >= 4 is 15.9 Å². The molecule has 0 saturated carbocycles. The first-order chi connectivity index (χ1) is 9.39. The number of hydrogen-bond donors (Lipinski definition) is 0. The van der Waals surface area contributed by atoms with Crippen molar-refractivity contribution in [3.8, 4) is 0 Å². The van der Waals surface area contributed by atoms with E-state index in [2.05, 4.69) is 63.1 Å². The van der Waals surface area contributed by atoms with Crippen LogP contribution < -0.4 is 0 Å². The molecule has 0 aliphatic carbocycles. The standard InChI is InChI=1S/C18H36GeN2/c1-15(2)11-9-12-16(3,4)20(15)19-21-17(5,6)13-10-14-18(21,7)8/h9-14H2,1-8H3. The van der Waals surface area contributed by atoms with E-state index in [4.69, 9.17) is 0 Å². The van der Waals surface area contributed by atoms with Gasteiger partial charge in [0.25, 0.3) is 0 Å². The molecule has 21 heavy (non-hydrogen) atoms. The Morgan fingerprint density at radius 3 is 1.00 bits per heavy atom. The van der Waals surface area contributed by atoms with Crippen LogP contribution in [0.3, 0.4) is 0 Å². The molecular weight excluding hydrogens is 317 g/mol. The van der Waals surface area contributed by atoms with Crippen LogP contribution in [0.25, 0.3) is 0 Å². The van der Waals surface area contributed by atoms with E-state index < -0.39 is 0 Å². The molecule has 0 spiro atoms. The zero-order valence-corrected chi connectivity index (χ0v) is 17.7. The molecule has 0 bridgehead atoms. The first-order valence-electron chi connectivity index (χ1n) is 8.76. The summed E-state index contributed by atoms with van der Waals surface area (Å²) >= 11 is -0.276. The second-order valence-corrected chi connectivity index (χ2v) is 12.0. The topological polar surface area (TPSA) is 6.48 Å². The summed E-state index contributed by atoms with van der Waals surface area (Å²) in [6.07, 6.45) is 8.19. The molecule has 2 saturated heterocycles. The predicted octanol–water partition coefficient (Wildman–Crippen LogP) is 4.61. The van der Waals surface area contributed by atoms with Gasteiger partial charge in [0.15, 0.2) is 0 Å². The van der Waals surface area contributed by atoms with Crippen LogP contribution in [-0.4, -0.2) is 45.7 Å². The molecule has 3 heteroatoms. The van der Waals surface area contributed by atoms with Crippen molar-refractivity contribution in [2.75, 3.05) is 0 Å². The molecule has 0 aromatic rings. The first-order valence-corrected chi connectivity index (χ1v) is 10.6. The quantitative estimate of drug-likeness (QED) is 0.669. The summed E-state index contributed by atoms with van der Waals surface area (Å²) in [7, 11) is 0. The third-order valence-electron chi connectivity index (χ3n) is 5.78. The van der Waals surface area contributed by atoms with Gasteiger partial charge in [-0.3, -0.25) is 0 Å². The van der Waals surface area contributed by atoms with Crippen molar-refractivity contribution in [1.29, 1.82) is 0 Å². The zero-order valence-electron chi connectivity index (χ0n) is 15.6. The summed E-state index contributed by atoms with van der Waals surface area (Å²) in [4.78, 5) is 0. The molecule has 0 atom stereocenters. The van der Waals surface area contributed by atoms with Gasteiger partial charge in [0.1, 0.15) is 0 Å². The van der Waals surface area contributed by atoms with Crippen molar-refractivity contribution < 1.29 is 0 Å². The average molecular weight is 353 g/mol. The van der Waals surface area contributed by atoms with Crippen molar-refractivity contribution in [3.63, 3.8) is 0 Å². The Bertz CT molecular complexity index is 317.